The quantitative estimate of drug-likeness (QED) is 0.371. The summed E-state index contributed by atoms with van der Waals surface area (Å²) in [4.78, 5) is 7.98. The zero-order chi connectivity index (χ0) is 4.50. The average Bonchev–Trinajstić information content (AvgIpc) is 0.722. The van der Waals surface area contributed by atoms with Crippen LogP contribution in [0, 0.1) is 0 Å². The zero-order valence-corrected chi connectivity index (χ0v) is 5.78. The second kappa shape index (κ2) is 4.15. The van der Waals surface area contributed by atoms with Crippen molar-refractivity contribution < 1.29 is 25.0 Å². The van der Waals surface area contributed by atoms with Gasteiger partial charge in [-0.1, -0.05) is 0 Å². The molecule has 0 heterocycles. The van der Waals surface area contributed by atoms with Crippen LogP contribution in [-0.2, 0) is 20.1 Å². The predicted molar refractivity (Wildman–Crippen MR) is 24.1 cm³/mol. The van der Waals surface area contributed by atoms with Crippen molar-refractivity contribution in [1.82, 2.24) is 0 Å². The third kappa shape index (κ3) is 34.1. The van der Waals surface area contributed by atoms with Gasteiger partial charge in [-0.3, -0.25) is 0 Å². The summed E-state index contributed by atoms with van der Waals surface area (Å²) in [7, 11) is 0. The van der Waals surface area contributed by atoms with Gasteiger partial charge in [0.05, 0.1) is 0 Å². The summed E-state index contributed by atoms with van der Waals surface area (Å²) in [5.41, 5.74) is 0. The van der Waals surface area contributed by atoms with Gasteiger partial charge in [0.15, 0.2) is 0 Å². The molecule has 2 nitrogen and oxygen atoms in total. The first-order valence-corrected chi connectivity index (χ1v) is 5.95. The van der Waals surface area contributed by atoms with E-state index in [-0.39, 0.29) is 29.6 Å². The number of hydrogen-bond acceptors (Lipinski definition) is 1. The molecule has 6 heavy (non-hydrogen) atoms. The Bertz CT molecular complexity index is 59.7. The Labute approximate surface area is 74.3 Å². The minimum atomic E-state index is -2.86. The van der Waals surface area contributed by atoms with Crippen molar-refractivity contribution >= 4 is 50.1 Å². The van der Waals surface area contributed by atoms with E-state index >= 15 is 0 Å². The van der Waals surface area contributed by atoms with Crippen LogP contribution in [0.25, 0.3) is 0 Å². The molecule has 0 fully saturated rings. The van der Waals surface area contributed by atoms with Crippen molar-refractivity contribution in [2.24, 2.45) is 0 Å². The van der Waals surface area contributed by atoms with Crippen molar-refractivity contribution in [3.8, 4) is 0 Å². The van der Waals surface area contributed by atoms with Crippen molar-refractivity contribution in [3.05, 3.63) is 0 Å². The van der Waals surface area contributed by atoms with Gasteiger partial charge in [0.1, 0.15) is 0 Å². The molecule has 0 aromatic carbocycles. The summed E-state index contributed by atoms with van der Waals surface area (Å²) >= 11 is 3.91. The molecule has 1 unspecified atom stereocenters. The zero-order valence-electron chi connectivity index (χ0n) is 2.36. The fourth-order valence-corrected chi connectivity index (χ4v) is 0. The van der Waals surface area contributed by atoms with E-state index in [4.69, 9.17) is 4.89 Å². The van der Waals surface area contributed by atoms with E-state index in [1.165, 1.54) is 0 Å². The molecule has 0 aromatic heterocycles. The summed E-state index contributed by atoms with van der Waals surface area (Å²) in [6.07, 6.45) is 0. The normalized spacial score (nSPS) is 17.7. The standard InChI is InChI=1S/Al.Fe.Na.HO2P.2H/c;;;1-3-2;;/h;;;(H,1,2);;. The molecule has 0 saturated heterocycles. The maximum atomic E-state index is 9.67. The Morgan fingerprint density at radius 1 is 1.83 bits per heavy atom. The first-order chi connectivity index (χ1) is 2.00. The molecule has 1 radical (unpaired) electrons. The summed E-state index contributed by atoms with van der Waals surface area (Å²) in [5, 5.41) is 0. The predicted octanol–water partition coefficient (Wildman–Crippen LogP) is -1.11. The van der Waals surface area contributed by atoms with Crippen molar-refractivity contribution in [1.29, 1.82) is 0 Å². The van der Waals surface area contributed by atoms with E-state index in [0.717, 1.165) is 15.8 Å². The van der Waals surface area contributed by atoms with Crippen LogP contribution in [0.15, 0.2) is 0 Å². The van der Waals surface area contributed by atoms with Gasteiger partial charge in [-0.2, -0.15) is 0 Å². The Kier molecular flexibility index (Phi) is 7.68. The molecule has 1 atom stereocenters. The Morgan fingerprint density at radius 3 is 1.83 bits per heavy atom. The Hall–Kier alpha value is 2.24. The van der Waals surface area contributed by atoms with E-state index in [0.29, 0.717) is 0 Å². The maximum absolute atomic E-state index is 9.67. The molecule has 6 heteroatoms. The first kappa shape index (κ1) is 11.1. The van der Waals surface area contributed by atoms with Crippen LogP contribution in [0.1, 0.15) is 0 Å². The van der Waals surface area contributed by atoms with Crippen LogP contribution in [0.5, 0.6) is 0 Å². The second-order valence-electron chi connectivity index (χ2n) is 0.599. The van der Waals surface area contributed by atoms with Crippen LogP contribution in [0.2, 0.25) is 0 Å². The van der Waals surface area contributed by atoms with Gasteiger partial charge in [-0.15, -0.1) is 0 Å². The summed E-state index contributed by atoms with van der Waals surface area (Å²) in [6.45, 7) is 0. The third-order valence-corrected chi connectivity index (χ3v) is 0. The molecular weight excluding hydrogens is 169 g/mol. The van der Waals surface area contributed by atoms with Gasteiger partial charge in [0.25, 0.3) is 0 Å². The molecule has 1 N–H and O–H groups in total. The molecule has 0 aliphatic rings. The molecule has 0 aromatic rings. The van der Waals surface area contributed by atoms with Gasteiger partial charge in [-0.05, 0) is 0 Å². The monoisotopic (exact) mass is 172 g/mol. The summed E-state index contributed by atoms with van der Waals surface area (Å²) in [5.74, 6) is 0. The van der Waals surface area contributed by atoms with E-state index in [2.05, 4.69) is 15.6 Å². The first-order valence-electron chi connectivity index (χ1n) is 0.857. The van der Waals surface area contributed by atoms with Crippen LogP contribution in [-0.4, -0.2) is 50.3 Å². The Balaban J connectivity index is 0. The van der Waals surface area contributed by atoms with Crippen LogP contribution in [0.3, 0.4) is 0 Å². The number of hydrogen-bond donors (Lipinski definition) is 1. The van der Waals surface area contributed by atoms with E-state index in [1.807, 2.05) is 0 Å². The molecule has 0 aliphatic heterocycles. The van der Waals surface area contributed by atoms with Crippen LogP contribution >= 0.6 is 4.71 Å². The van der Waals surface area contributed by atoms with Gasteiger partial charge in [-0.25, -0.2) is 0 Å². The second-order valence-corrected chi connectivity index (χ2v) is 8.50. The van der Waals surface area contributed by atoms with Crippen molar-refractivity contribution in [3.63, 3.8) is 0 Å². The fourth-order valence-electron chi connectivity index (χ4n) is 0. The van der Waals surface area contributed by atoms with Crippen LogP contribution < -0.4 is 0 Å². The molecule has 32 valence electrons. The molecular formula is H3AlFeNaO2P. The van der Waals surface area contributed by atoms with E-state index < -0.39 is 4.71 Å². The third-order valence-electron chi connectivity index (χ3n) is 0. The summed E-state index contributed by atoms with van der Waals surface area (Å²) < 4.78 is 6.81. The topological polar surface area (TPSA) is 37.3 Å². The molecule has 0 aliphatic carbocycles. The number of rotatable bonds is 0. The van der Waals surface area contributed by atoms with Crippen LogP contribution in [0.4, 0.5) is 0 Å². The minimum absolute atomic E-state index is 0. The molecule has 0 amide bonds. The van der Waals surface area contributed by atoms with Crippen molar-refractivity contribution in [2.45, 2.75) is 0 Å². The van der Waals surface area contributed by atoms with Gasteiger partial charge in [0.2, 0.25) is 0 Å². The molecule has 0 spiro atoms. The van der Waals surface area contributed by atoms with E-state index in [1.54, 1.807) is 0 Å². The average molecular weight is 172 g/mol. The Morgan fingerprint density at radius 2 is 1.83 bits per heavy atom. The van der Waals surface area contributed by atoms with Gasteiger partial charge in [0, 0.05) is 0 Å². The SMILES string of the molecule is O=[P](O)([AlH])[Fe].[NaH]. The van der Waals surface area contributed by atoms with Gasteiger partial charge < -0.3 is 0 Å². The van der Waals surface area contributed by atoms with Gasteiger partial charge >= 0.3 is 75.1 Å². The fraction of sp³-hybridized carbons (Fsp3) is 0. The molecule has 0 bridgehead atoms. The summed E-state index contributed by atoms with van der Waals surface area (Å²) in [6, 6.07) is 0. The molecule has 0 rings (SSSR count). The van der Waals surface area contributed by atoms with E-state index in [9.17, 15) is 4.57 Å². The van der Waals surface area contributed by atoms with Crippen molar-refractivity contribution in [2.75, 3.05) is 0 Å². The molecule has 0 saturated carbocycles.